The topological polar surface area (TPSA) is 29.5 Å². The molecular formula is C26H46O2. The molecule has 1 rings (SSSR count). The molecule has 0 aliphatic heterocycles. The minimum atomic E-state index is 0.273. The number of phenolic OH excluding ortho intramolecular Hbond substituents is 1. The average Bonchev–Trinajstić information content (AvgIpc) is 2.70. The first-order valence-corrected chi connectivity index (χ1v) is 12.2. The van der Waals surface area contributed by atoms with E-state index in [1.165, 1.54) is 109 Å². The molecule has 2 heteroatoms. The summed E-state index contributed by atoms with van der Waals surface area (Å²) in [5, 5.41) is 9.39. The summed E-state index contributed by atoms with van der Waals surface area (Å²) in [6.45, 7) is 3.04. The smallest absolute Gasteiger partial charge is 0.122 e. The van der Waals surface area contributed by atoms with Gasteiger partial charge in [-0.15, -0.1) is 0 Å². The Labute approximate surface area is 175 Å². The number of phenols is 1. The number of hydrogen-bond donors (Lipinski definition) is 1. The molecule has 0 radical (unpaired) electrons. The monoisotopic (exact) mass is 390 g/mol. The van der Waals surface area contributed by atoms with Gasteiger partial charge in [0.15, 0.2) is 0 Å². The van der Waals surface area contributed by atoms with Crippen LogP contribution in [0.3, 0.4) is 0 Å². The van der Waals surface area contributed by atoms with Crippen LogP contribution < -0.4 is 4.74 Å². The maximum atomic E-state index is 9.39. The van der Waals surface area contributed by atoms with Crippen molar-refractivity contribution in [3.8, 4) is 11.5 Å². The molecule has 0 spiro atoms. The van der Waals surface area contributed by atoms with Crippen molar-refractivity contribution in [2.45, 2.75) is 122 Å². The molecule has 0 fully saturated rings. The molecule has 0 saturated heterocycles. The average molecular weight is 391 g/mol. The van der Waals surface area contributed by atoms with Gasteiger partial charge in [-0.2, -0.15) is 0 Å². The third-order valence-corrected chi connectivity index (χ3v) is 5.58. The largest absolute Gasteiger partial charge is 0.508 e. The Morgan fingerprint density at radius 1 is 0.607 bits per heavy atom. The fourth-order valence-corrected chi connectivity index (χ4v) is 3.77. The Bertz CT molecular complexity index is 444. The zero-order chi connectivity index (χ0) is 20.1. The number of benzene rings is 1. The molecule has 0 aromatic heterocycles. The van der Waals surface area contributed by atoms with Crippen LogP contribution in [0.2, 0.25) is 0 Å². The summed E-state index contributed by atoms with van der Waals surface area (Å²) in [7, 11) is 0. The van der Waals surface area contributed by atoms with Crippen LogP contribution in [0, 0.1) is 0 Å². The van der Waals surface area contributed by atoms with Crippen molar-refractivity contribution >= 4 is 0 Å². The molecule has 28 heavy (non-hydrogen) atoms. The molecule has 1 aromatic carbocycles. The van der Waals surface area contributed by atoms with E-state index in [1.54, 1.807) is 12.1 Å². The SMILES string of the molecule is CCCCCCCCCCCCCCCCCCCCOc1cccc(O)c1. The van der Waals surface area contributed by atoms with Crippen molar-refractivity contribution in [3.63, 3.8) is 0 Å². The molecule has 0 aliphatic rings. The van der Waals surface area contributed by atoms with Crippen molar-refractivity contribution in [1.82, 2.24) is 0 Å². The highest BCUT2D eigenvalue weighted by molar-refractivity contribution is 5.31. The van der Waals surface area contributed by atoms with E-state index in [9.17, 15) is 5.11 Å². The van der Waals surface area contributed by atoms with Crippen molar-refractivity contribution in [1.29, 1.82) is 0 Å². The molecule has 0 aliphatic carbocycles. The summed E-state index contributed by atoms with van der Waals surface area (Å²) in [5.41, 5.74) is 0. The van der Waals surface area contributed by atoms with Gasteiger partial charge in [0, 0.05) is 6.07 Å². The Morgan fingerprint density at radius 3 is 1.46 bits per heavy atom. The van der Waals surface area contributed by atoms with Crippen LogP contribution in [0.5, 0.6) is 11.5 Å². The maximum absolute atomic E-state index is 9.39. The van der Waals surface area contributed by atoms with Crippen molar-refractivity contribution in [3.05, 3.63) is 24.3 Å². The molecule has 162 valence electrons. The van der Waals surface area contributed by atoms with Crippen LogP contribution >= 0.6 is 0 Å². The van der Waals surface area contributed by atoms with Crippen molar-refractivity contribution < 1.29 is 9.84 Å². The molecule has 0 unspecified atom stereocenters. The fourth-order valence-electron chi connectivity index (χ4n) is 3.77. The predicted octanol–water partition coefficient (Wildman–Crippen LogP) is 8.81. The summed E-state index contributed by atoms with van der Waals surface area (Å²) in [6.07, 6.45) is 25.1. The highest BCUT2D eigenvalue weighted by atomic mass is 16.5. The zero-order valence-electron chi connectivity index (χ0n) is 18.6. The highest BCUT2D eigenvalue weighted by Gasteiger charge is 1.97. The van der Waals surface area contributed by atoms with Crippen LogP contribution in [-0.4, -0.2) is 11.7 Å². The minimum absolute atomic E-state index is 0.273. The number of unbranched alkanes of at least 4 members (excludes halogenated alkanes) is 17. The van der Waals surface area contributed by atoms with E-state index in [-0.39, 0.29) is 5.75 Å². The number of ether oxygens (including phenoxy) is 1. The van der Waals surface area contributed by atoms with Gasteiger partial charge < -0.3 is 9.84 Å². The molecule has 0 amide bonds. The van der Waals surface area contributed by atoms with Gasteiger partial charge in [0.2, 0.25) is 0 Å². The first-order chi connectivity index (χ1) is 13.8. The van der Waals surface area contributed by atoms with Crippen LogP contribution in [0.1, 0.15) is 122 Å². The zero-order valence-corrected chi connectivity index (χ0v) is 18.6. The molecular weight excluding hydrogens is 344 g/mol. The van der Waals surface area contributed by atoms with E-state index >= 15 is 0 Å². The summed E-state index contributed by atoms with van der Waals surface area (Å²) >= 11 is 0. The Kier molecular flexibility index (Phi) is 17.0. The Hall–Kier alpha value is -1.18. The molecule has 0 bridgehead atoms. The van der Waals surface area contributed by atoms with E-state index in [0.29, 0.717) is 0 Å². The molecule has 1 aromatic rings. The first kappa shape index (κ1) is 24.9. The van der Waals surface area contributed by atoms with Crippen molar-refractivity contribution in [2.75, 3.05) is 6.61 Å². The van der Waals surface area contributed by atoms with Crippen LogP contribution in [0.4, 0.5) is 0 Å². The summed E-state index contributed by atoms with van der Waals surface area (Å²) in [5.74, 6) is 1.04. The van der Waals surface area contributed by atoms with Crippen LogP contribution in [-0.2, 0) is 0 Å². The third-order valence-electron chi connectivity index (χ3n) is 5.58. The first-order valence-electron chi connectivity index (χ1n) is 12.2. The van der Waals surface area contributed by atoms with Gasteiger partial charge in [-0.05, 0) is 18.6 Å². The highest BCUT2D eigenvalue weighted by Crippen LogP contribution is 2.18. The lowest BCUT2D eigenvalue weighted by molar-refractivity contribution is 0.302. The lowest BCUT2D eigenvalue weighted by Gasteiger charge is -2.06. The molecule has 2 nitrogen and oxygen atoms in total. The van der Waals surface area contributed by atoms with Gasteiger partial charge in [0.05, 0.1) is 6.61 Å². The number of aromatic hydroxyl groups is 1. The molecule has 0 atom stereocenters. The normalized spacial score (nSPS) is 11.0. The molecule has 1 N–H and O–H groups in total. The maximum Gasteiger partial charge on any atom is 0.122 e. The van der Waals surface area contributed by atoms with E-state index in [4.69, 9.17) is 4.74 Å². The fraction of sp³-hybridized carbons (Fsp3) is 0.769. The van der Waals surface area contributed by atoms with E-state index < -0.39 is 0 Å². The van der Waals surface area contributed by atoms with E-state index in [2.05, 4.69) is 6.92 Å². The summed E-state index contributed by atoms with van der Waals surface area (Å²) in [6, 6.07) is 7.06. The van der Waals surface area contributed by atoms with Crippen molar-refractivity contribution in [2.24, 2.45) is 0 Å². The lowest BCUT2D eigenvalue weighted by Crippen LogP contribution is -1.97. The van der Waals surface area contributed by atoms with Gasteiger partial charge in [0.1, 0.15) is 11.5 Å². The lowest BCUT2D eigenvalue weighted by atomic mass is 10.0. The Balaban J connectivity index is 1.71. The molecule has 0 heterocycles. The van der Waals surface area contributed by atoms with E-state index in [1.807, 2.05) is 12.1 Å². The number of rotatable bonds is 20. The second kappa shape index (κ2) is 19.2. The predicted molar refractivity (Wildman–Crippen MR) is 122 cm³/mol. The van der Waals surface area contributed by atoms with Crippen LogP contribution in [0.25, 0.3) is 0 Å². The quantitative estimate of drug-likeness (QED) is 0.225. The second-order valence-corrected chi connectivity index (χ2v) is 8.36. The summed E-state index contributed by atoms with van der Waals surface area (Å²) < 4.78 is 5.66. The van der Waals surface area contributed by atoms with Gasteiger partial charge in [0.25, 0.3) is 0 Å². The van der Waals surface area contributed by atoms with E-state index in [0.717, 1.165) is 18.8 Å². The van der Waals surface area contributed by atoms with Gasteiger partial charge in [-0.25, -0.2) is 0 Å². The van der Waals surface area contributed by atoms with Gasteiger partial charge >= 0.3 is 0 Å². The van der Waals surface area contributed by atoms with Gasteiger partial charge in [-0.1, -0.05) is 122 Å². The number of hydrogen-bond acceptors (Lipinski definition) is 2. The molecule has 0 saturated carbocycles. The minimum Gasteiger partial charge on any atom is -0.508 e. The summed E-state index contributed by atoms with van der Waals surface area (Å²) in [4.78, 5) is 0. The standard InChI is InChI=1S/C26H46O2/c1-2-3-4-5-6-7-8-9-10-11-12-13-14-15-16-17-18-19-23-28-26-22-20-21-25(27)24-26/h20-22,24,27H,2-19,23H2,1H3. The third kappa shape index (κ3) is 15.8. The second-order valence-electron chi connectivity index (χ2n) is 8.36. The Morgan fingerprint density at radius 2 is 1.04 bits per heavy atom. The van der Waals surface area contributed by atoms with Gasteiger partial charge in [-0.3, -0.25) is 0 Å². The van der Waals surface area contributed by atoms with Crippen LogP contribution in [0.15, 0.2) is 24.3 Å².